The fourth-order valence-corrected chi connectivity index (χ4v) is 1.31. The van der Waals surface area contributed by atoms with Gasteiger partial charge in [-0.15, -0.1) is 0 Å². The molecule has 0 amide bonds. The number of nitrogens with zero attached hydrogens (tertiary/aromatic N) is 1. The Morgan fingerprint density at radius 2 is 2.29 bits per heavy atom. The molecule has 0 aromatic carbocycles. The van der Waals surface area contributed by atoms with Crippen LogP contribution in [0.2, 0.25) is 0 Å². The number of nitrogens with one attached hydrogen (secondary N) is 1. The van der Waals surface area contributed by atoms with Crippen molar-refractivity contribution in [1.29, 1.82) is 0 Å². The van der Waals surface area contributed by atoms with Crippen molar-refractivity contribution in [1.82, 2.24) is 4.98 Å². The van der Waals surface area contributed by atoms with E-state index in [4.69, 9.17) is 5.11 Å². The van der Waals surface area contributed by atoms with E-state index < -0.39 is 0 Å². The summed E-state index contributed by atoms with van der Waals surface area (Å²) < 4.78 is 1.03. The van der Waals surface area contributed by atoms with Crippen LogP contribution in [0, 0.1) is 6.92 Å². The molecule has 0 aliphatic carbocycles. The molecule has 14 heavy (non-hydrogen) atoms. The molecule has 0 aliphatic heterocycles. The van der Waals surface area contributed by atoms with Crippen LogP contribution in [0.15, 0.2) is 16.7 Å². The second-order valence-corrected chi connectivity index (χ2v) is 4.03. The number of unbranched alkanes of at least 4 members (excludes halogenated alkanes) is 1. The molecule has 0 radical (unpaired) electrons. The van der Waals surface area contributed by atoms with E-state index in [1.165, 1.54) is 5.56 Å². The van der Waals surface area contributed by atoms with E-state index in [1.54, 1.807) is 6.20 Å². The van der Waals surface area contributed by atoms with Crippen molar-refractivity contribution in [2.75, 3.05) is 18.5 Å². The van der Waals surface area contributed by atoms with Crippen molar-refractivity contribution >= 4 is 21.7 Å². The molecule has 0 aliphatic rings. The van der Waals surface area contributed by atoms with Crippen molar-refractivity contribution < 1.29 is 5.11 Å². The molecule has 0 bridgehead atoms. The van der Waals surface area contributed by atoms with Gasteiger partial charge in [0.2, 0.25) is 0 Å². The summed E-state index contributed by atoms with van der Waals surface area (Å²) in [6.07, 6.45) is 3.60. The summed E-state index contributed by atoms with van der Waals surface area (Å²) in [5.74, 6) is 0.892. The lowest BCUT2D eigenvalue weighted by Gasteiger charge is -2.06. The lowest BCUT2D eigenvalue weighted by molar-refractivity contribution is 0.286. The maximum absolute atomic E-state index is 8.59. The Morgan fingerprint density at radius 1 is 1.50 bits per heavy atom. The molecule has 1 aromatic heterocycles. The standard InChI is InChI=1S/C10H15BrN2O/c1-8-6-10(13-7-9(8)11)12-4-2-3-5-14/h6-7,14H,2-5H2,1H3,(H,12,13). The number of hydrogen-bond acceptors (Lipinski definition) is 3. The normalized spacial score (nSPS) is 10.2. The number of hydrogen-bond donors (Lipinski definition) is 2. The summed E-state index contributed by atoms with van der Waals surface area (Å²) in [5, 5.41) is 11.8. The van der Waals surface area contributed by atoms with Crippen LogP contribution in [0.3, 0.4) is 0 Å². The number of aliphatic hydroxyl groups excluding tert-OH is 1. The number of anilines is 1. The molecule has 1 heterocycles. The minimum absolute atomic E-state index is 0.258. The predicted octanol–water partition coefficient (Wildman–Crippen LogP) is 2.34. The molecule has 4 heteroatoms. The van der Waals surface area contributed by atoms with Gasteiger partial charge in [0, 0.05) is 23.8 Å². The third-order valence-corrected chi connectivity index (χ3v) is 2.77. The van der Waals surface area contributed by atoms with Gasteiger partial charge in [0.25, 0.3) is 0 Å². The minimum Gasteiger partial charge on any atom is -0.396 e. The maximum Gasteiger partial charge on any atom is 0.126 e. The molecule has 2 N–H and O–H groups in total. The quantitative estimate of drug-likeness (QED) is 0.798. The fourth-order valence-electron chi connectivity index (χ4n) is 1.09. The SMILES string of the molecule is Cc1cc(NCCCCO)ncc1Br. The Balaban J connectivity index is 2.39. The molecule has 1 rings (SSSR count). The van der Waals surface area contributed by atoms with Gasteiger partial charge in [-0.1, -0.05) is 0 Å². The van der Waals surface area contributed by atoms with Crippen LogP contribution >= 0.6 is 15.9 Å². The predicted molar refractivity (Wildman–Crippen MR) is 61.5 cm³/mol. The Bertz CT molecular complexity index is 291. The summed E-state index contributed by atoms with van der Waals surface area (Å²) in [6, 6.07) is 2.00. The van der Waals surface area contributed by atoms with Gasteiger partial charge >= 0.3 is 0 Å². The first-order valence-corrected chi connectivity index (χ1v) is 5.50. The lowest BCUT2D eigenvalue weighted by atomic mass is 10.3. The van der Waals surface area contributed by atoms with Gasteiger partial charge in [0.1, 0.15) is 5.82 Å². The van der Waals surface area contributed by atoms with Gasteiger partial charge in [-0.2, -0.15) is 0 Å². The van der Waals surface area contributed by atoms with E-state index in [0.29, 0.717) is 0 Å². The van der Waals surface area contributed by atoms with Gasteiger partial charge in [0.15, 0.2) is 0 Å². The van der Waals surface area contributed by atoms with Crippen LogP contribution in [-0.2, 0) is 0 Å². The Kier molecular flexibility index (Phi) is 4.90. The summed E-state index contributed by atoms with van der Waals surface area (Å²) >= 11 is 3.40. The molecule has 0 fully saturated rings. The first-order valence-electron chi connectivity index (χ1n) is 4.71. The summed E-state index contributed by atoms with van der Waals surface area (Å²) in [7, 11) is 0. The molecule has 78 valence electrons. The number of halogens is 1. The molecular formula is C10H15BrN2O. The molecule has 0 spiro atoms. The van der Waals surface area contributed by atoms with Crippen LogP contribution < -0.4 is 5.32 Å². The van der Waals surface area contributed by atoms with Crippen LogP contribution in [0.4, 0.5) is 5.82 Å². The van der Waals surface area contributed by atoms with Crippen LogP contribution in [-0.4, -0.2) is 23.2 Å². The molecule has 0 unspecified atom stereocenters. The average molecular weight is 259 g/mol. The van der Waals surface area contributed by atoms with Crippen molar-refractivity contribution in [3.63, 3.8) is 0 Å². The molecule has 0 atom stereocenters. The largest absolute Gasteiger partial charge is 0.396 e. The van der Waals surface area contributed by atoms with E-state index in [2.05, 4.69) is 26.2 Å². The van der Waals surface area contributed by atoms with Gasteiger partial charge in [-0.25, -0.2) is 4.98 Å². The molecule has 0 saturated carbocycles. The number of rotatable bonds is 5. The van der Waals surface area contributed by atoms with Gasteiger partial charge in [-0.05, 0) is 47.3 Å². The van der Waals surface area contributed by atoms with Crippen LogP contribution in [0.5, 0.6) is 0 Å². The van der Waals surface area contributed by atoms with E-state index in [9.17, 15) is 0 Å². The summed E-state index contributed by atoms with van der Waals surface area (Å²) in [4.78, 5) is 4.22. The maximum atomic E-state index is 8.59. The fraction of sp³-hybridized carbons (Fsp3) is 0.500. The van der Waals surface area contributed by atoms with E-state index >= 15 is 0 Å². The molecule has 0 saturated heterocycles. The molecule has 1 aromatic rings. The third-order valence-electron chi connectivity index (χ3n) is 1.94. The van der Waals surface area contributed by atoms with Crippen LogP contribution in [0.25, 0.3) is 0 Å². The highest BCUT2D eigenvalue weighted by Crippen LogP contribution is 2.16. The monoisotopic (exact) mass is 258 g/mol. The highest BCUT2D eigenvalue weighted by molar-refractivity contribution is 9.10. The van der Waals surface area contributed by atoms with Crippen LogP contribution in [0.1, 0.15) is 18.4 Å². The summed E-state index contributed by atoms with van der Waals surface area (Å²) in [6.45, 7) is 3.15. The highest BCUT2D eigenvalue weighted by atomic mass is 79.9. The molecule has 3 nitrogen and oxygen atoms in total. The van der Waals surface area contributed by atoms with Crippen molar-refractivity contribution in [2.24, 2.45) is 0 Å². The zero-order chi connectivity index (χ0) is 10.4. The second kappa shape index (κ2) is 5.98. The number of pyridine rings is 1. The Hall–Kier alpha value is -0.610. The van der Waals surface area contributed by atoms with Crippen molar-refractivity contribution in [3.8, 4) is 0 Å². The summed E-state index contributed by atoms with van der Waals surface area (Å²) in [5.41, 5.74) is 1.17. The highest BCUT2D eigenvalue weighted by Gasteiger charge is 1.97. The topological polar surface area (TPSA) is 45.1 Å². The first kappa shape index (κ1) is 11.5. The zero-order valence-corrected chi connectivity index (χ0v) is 9.84. The third kappa shape index (κ3) is 3.64. The van der Waals surface area contributed by atoms with Crippen molar-refractivity contribution in [3.05, 3.63) is 22.3 Å². The zero-order valence-electron chi connectivity index (χ0n) is 8.26. The minimum atomic E-state index is 0.258. The number of aliphatic hydroxyl groups is 1. The van der Waals surface area contributed by atoms with E-state index in [0.717, 1.165) is 29.7 Å². The Morgan fingerprint density at radius 3 is 2.93 bits per heavy atom. The lowest BCUT2D eigenvalue weighted by Crippen LogP contribution is -2.04. The van der Waals surface area contributed by atoms with Gasteiger partial charge in [-0.3, -0.25) is 0 Å². The smallest absolute Gasteiger partial charge is 0.126 e. The van der Waals surface area contributed by atoms with Crippen molar-refractivity contribution in [2.45, 2.75) is 19.8 Å². The average Bonchev–Trinajstić information content (AvgIpc) is 2.18. The Labute approximate surface area is 92.7 Å². The molecular weight excluding hydrogens is 244 g/mol. The van der Waals surface area contributed by atoms with Gasteiger partial charge in [0.05, 0.1) is 0 Å². The second-order valence-electron chi connectivity index (χ2n) is 3.18. The number of aromatic nitrogens is 1. The van der Waals surface area contributed by atoms with E-state index in [-0.39, 0.29) is 6.61 Å². The van der Waals surface area contributed by atoms with E-state index in [1.807, 2.05) is 13.0 Å². The van der Waals surface area contributed by atoms with Gasteiger partial charge < -0.3 is 10.4 Å². The number of aryl methyl sites for hydroxylation is 1. The first-order chi connectivity index (χ1) is 6.74.